The fraction of sp³-hybridized carbons (Fsp3) is 0.250. The topological polar surface area (TPSA) is 38.0 Å². The molecule has 0 aromatic heterocycles. The second kappa shape index (κ2) is 4.87. The highest BCUT2D eigenvalue weighted by Crippen LogP contribution is 2.40. The summed E-state index contributed by atoms with van der Waals surface area (Å²) in [6.07, 6.45) is 0.631. The lowest BCUT2D eigenvalue weighted by Gasteiger charge is -2.17. The van der Waals surface area contributed by atoms with Gasteiger partial charge in [0, 0.05) is 6.04 Å². The second-order valence-corrected chi connectivity index (χ2v) is 5.22. The fourth-order valence-corrected chi connectivity index (χ4v) is 2.77. The molecule has 1 aliphatic carbocycles. The summed E-state index contributed by atoms with van der Waals surface area (Å²) in [6, 6.07) is 10.2. The number of fused-ring (bicyclic) bond motifs is 1. The van der Waals surface area contributed by atoms with E-state index >= 15 is 0 Å². The summed E-state index contributed by atoms with van der Waals surface area (Å²) in [5.74, 6) is -1.12. The Balaban J connectivity index is 1.96. The molecule has 0 bridgehead atoms. The van der Waals surface area contributed by atoms with E-state index in [-0.39, 0.29) is 17.8 Å². The summed E-state index contributed by atoms with van der Waals surface area (Å²) >= 11 is 0. The maximum atomic E-state index is 14.1. The van der Waals surface area contributed by atoms with Gasteiger partial charge in [0.15, 0.2) is 5.82 Å². The molecule has 0 spiro atoms. The summed E-state index contributed by atoms with van der Waals surface area (Å²) in [4.78, 5) is 0. The van der Waals surface area contributed by atoms with Crippen LogP contribution in [0, 0.1) is 18.6 Å². The molecule has 4 heteroatoms. The monoisotopic (exact) mass is 274 g/mol. The molecule has 1 aliphatic rings. The van der Waals surface area contributed by atoms with Crippen LogP contribution >= 0.6 is 0 Å². The van der Waals surface area contributed by atoms with Gasteiger partial charge in [-0.25, -0.2) is 8.78 Å². The van der Waals surface area contributed by atoms with E-state index in [1.165, 1.54) is 12.1 Å². The first kappa shape index (κ1) is 13.1. The number of anilines is 1. The predicted octanol–water partition coefficient (Wildman–Crippen LogP) is 3.83. The van der Waals surface area contributed by atoms with Crippen molar-refractivity contribution in [3.05, 3.63) is 64.7 Å². The van der Waals surface area contributed by atoms with Crippen molar-refractivity contribution in [2.75, 3.05) is 5.32 Å². The number of rotatable bonds is 2. The average molecular weight is 274 g/mol. The summed E-state index contributed by atoms with van der Waals surface area (Å²) in [5, 5.41) is 2.97. The van der Waals surface area contributed by atoms with Gasteiger partial charge in [0.25, 0.3) is 0 Å². The molecule has 2 aromatic carbocycles. The van der Waals surface area contributed by atoms with Gasteiger partial charge in [-0.3, -0.25) is 0 Å². The van der Waals surface area contributed by atoms with Crippen LogP contribution < -0.4 is 11.1 Å². The first-order valence-electron chi connectivity index (χ1n) is 6.63. The number of nitrogens with one attached hydrogen (secondary N) is 1. The van der Waals surface area contributed by atoms with Crippen molar-refractivity contribution in [1.29, 1.82) is 0 Å². The quantitative estimate of drug-likeness (QED) is 0.873. The van der Waals surface area contributed by atoms with Gasteiger partial charge in [-0.15, -0.1) is 0 Å². The molecule has 104 valence electrons. The first-order valence-corrected chi connectivity index (χ1v) is 6.63. The number of hydrogen-bond donors (Lipinski definition) is 2. The molecule has 0 amide bonds. The van der Waals surface area contributed by atoms with Crippen LogP contribution in [0.3, 0.4) is 0 Å². The van der Waals surface area contributed by atoms with Crippen LogP contribution in [0.15, 0.2) is 36.4 Å². The summed E-state index contributed by atoms with van der Waals surface area (Å²) < 4.78 is 27.9. The van der Waals surface area contributed by atoms with E-state index in [4.69, 9.17) is 5.73 Å². The molecule has 2 unspecified atom stereocenters. The summed E-state index contributed by atoms with van der Waals surface area (Å²) in [7, 11) is 0. The van der Waals surface area contributed by atoms with E-state index in [1.807, 2.05) is 24.3 Å². The molecule has 20 heavy (non-hydrogen) atoms. The lowest BCUT2D eigenvalue weighted by atomic mass is 10.1. The van der Waals surface area contributed by atoms with E-state index in [1.54, 1.807) is 6.92 Å². The van der Waals surface area contributed by atoms with Crippen LogP contribution in [0.5, 0.6) is 0 Å². The molecule has 0 heterocycles. The van der Waals surface area contributed by atoms with Crippen molar-refractivity contribution < 1.29 is 8.78 Å². The van der Waals surface area contributed by atoms with Crippen LogP contribution in [-0.4, -0.2) is 0 Å². The number of aryl methyl sites for hydroxylation is 1. The van der Waals surface area contributed by atoms with Gasteiger partial charge >= 0.3 is 0 Å². The van der Waals surface area contributed by atoms with Crippen molar-refractivity contribution in [3.63, 3.8) is 0 Å². The molecule has 0 saturated carbocycles. The lowest BCUT2D eigenvalue weighted by Crippen LogP contribution is -2.12. The lowest BCUT2D eigenvalue weighted by molar-refractivity contribution is 0.571. The zero-order valence-electron chi connectivity index (χ0n) is 11.2. The van der Waals surface area contributed by atoms with Crippen LogP contribution in [-0.2, 0) is 0 Å². The molecule has 3 rings (SSSR count). The minimum absolute atomic E-state index is 0.0705. The van der Waals surface area contributed by atoms with Crippen molar-refractivity contribution in [3.8, 4) is 0 Å². The molecule has 2 atom stereocenters. The molecular weight excluding hydrogens is 258 g/mol. The van der Waals surface area contributed by atoms with Crippen LogP contribution in [0.25, 0.3) is 0 Å². The van der Waals surface area contributed by atoms with Gasteiger partial charge in [-0.2, -0.15) is 0 Å². The summed E-state index contributed by atoms with van der Waals surface area (Å²) in [5.41, 5.74) is 8.47. The number of nitrogens with two attached hydrogens (primary N) is 1. The average Bonchev–Trinajstić information content (AvgIpc) is 2.77. The van der Waals surface area contributed by atoms with Gasteiger partial charge < -0.3 is 11.1 Å². The Kier molecular flexibility index (Phi) is 3.18. The van der Waals surface area contributed by atoms with Gasteiger partial charge in [-0.05, 0) is 36.1 Å². The zero-order chi connectivity index (χ0) is 14.3. The smallest absolute Gasteiger partial charge is 0.152 e. The molecule has 0 fully saturated rings. The Labute approximate surface area is 116 Å². The Bertz CT molecular complexity index is 655. The van der Waals surface area contributed by atoms with Crippen LogP contribution in [0.4, 0.5) is 14.5 Å². The molecular formula is C16H16F2N2. The minimum atomic E-state index is -0.578. The highest BCUT2D eigenvalue weighted by Gasteiger charge is 2.29. The number of benzene rings is 2. The highest BCUT2D eigenvalue weighted by molar-refractivity contribution is 5.52. The molecule has 0 radical (unpaired) electrons. The Morgan fingerprint density at radius 3 is 2.55 bits per heavy atom. The Hall–Kier alpha value is -1.94. The van der Waals surface area contributed by atoms with E-state index in [0.717, 1.165) is 11.1 Å². The molecule has 2 aromatic rings. The number of hydrogen-bond acceptors (Lipinski definition) is 2. The normalized spacial score (nSPS) is 20.8. The van der Waals surface area contributed by atoms with Gasteiger partial charge in [0.05, 0.1) is 6.04 Å². The molecule has 0 aliphatic heterocycles. The van der Waals surface area contributed by atoms with Crippen LogP contribution in [0.2, 0.25) is 0 Å². The maximum absolute atomic E-state index is 14.1. The summed E-state index contributed by atoms with van der Waals surface area (Å²) in [6.45, 7) is 1.62. The third-order valence-electron chi connectivity index (χ3n) is 3.86. The third kappa shape index (κ3) is 2.06. The SMILES string of the molecule is Cc1ccc(F)c(NC2CC(N)c3ccccc32)c1F. The third-order valence-corrected chi connectivity index (χ3v) is 3.86. The molecule has 2 nitrogen and oxygen atoms in total. The van der Waals surface area contributed by atoms with Crippen LogP contribution in [0.1, 0.15) is 35.2 Å². The van der Waals surface area contributed by atoms with Crippen molar-refractivity contribution in [2.45, 2.75) is 25.4 Å². The number of halogens is 2. The van der Waals surface area contributed by atoms with Crippen molar-refractivity contribution in [1.82, 2.24) is 0 Å². The van der Waals surface area contributed by atoms with E-state index < -0.39 is 11.6 Å². The standard InChI is InChI=1S/C16H16F2N2/c1-9-6-7-12(17)16(15(9)18)20-14-8-13(19)10-4-2-3-5-11(10)14/h2-7,13-14,20H,8,19H2,1H3. The van der Waals surface area contributed by atoms with Crippen molar-refractivity contribution >= 4 is 5.69 Å². The van der Waals surface area contributed by atoms with Crippen molar-refractivity contribution in [2.24, 2.45) is 5.73 Å². The first-order chi connectivity index (χ1) is 9.58. The Morgan fingerprint density at radius 2 is 1.80 bits per heavy atom. The minimum Gasteiger partial charge on any atom is -0.373 e. The van der Waals surface area contributed by atoms with E-state index in [2.05, 4.69) is 5.32 Å². The predicted molar refractivity (Wildman–Crippen MR) is 75.4 cm³/mol. The largest absolute Gasteiger partial charge is 0.373 e. The van der Waals surface area contributed by atoms with Gasteiger partial charge in [0.2, 0.25) is 0 Å². The van der Waals surface area contributed by atoms with E-state index in [0.29, 0.717) is 12.0 Å². The van der Waals surface area contributed by atoms with E-state index in [9.17, 15) is 8.78 Å². The fourth-order valence-electron chi connectivity index (χ4n) is 2.77. The second-order valence-electron chi connectivity index (χ2n) is 5.22. The van der Waals surface area contributed by atoms with Gasteiger partial charge in [-0.1, -0.05) is 30.3 Å². The maximum Gasteiger partial charge on any atom is 0.152 e. The Morgan fingerprint density at radius 1 is 1.10 bits per heavy atom. The molecule has 3 N–H and O–H groups in total. The highest BCUT2D eigenvalue weighted by atomic mass is 19.1. The zero-order valence-corrected chi connectivity index (χ0v) is 11.2. The van der Waals surface area contributed by atoms with Gasteiger partial charge in [0.1, 0.15) is 11.5 Å². The molecule has 0 saturated heterocycles.